The molecule has 0 saturated carbocycles. The van der Waals surface area contributed by atoms with Gasteiger partial charge >= 0.3 is 0 Å². The van der Waals surface area contributed by atoms with Crippen LogP contribution in [0.4, 0.5) is 0 Å². The molecule has 1 unspecified atom stereocenters. The minimum atomic E-state index is -0.203. The number of amides is 1. The van der Waals surface area contributed by atoms with Crippen LogP contribution in [0.25, 0.3) is 11.3 Å². The number of hydrogen-bond donors (Lipinski definition) is 1. The van der Waals surface area contributed by atoms with Gasteiger partial charge in [0.1, 0.15) is 18.9 Å². The largest absolute Gasteiger partial charge is 0.486 e. The summed E-state index contributed by atoms with van der Waals surface area (Å²) in [4.78, 5) is 29.2. The SMILES string of the molecule is Cc1cnc2n(c1=O)C(CC(=O)NCc1cc(-c3ccc4c(c3)OCCO4)on1)CS2. The van der Waals surface area contributed by atoms with Crippen molar-refractivity contribution in [3.05, 3.63) is 52.1 Å². The summed E-state index contributed by atoms with van der Waals surface area (Å²) < 4.78 is 18.2. The third kappa shape index (κ3) is 3.90. The second-order valence-electron chi connectivity index (χ2n) is 7.39. The van der Waals surface area contributed by atoms with Gasteiger partial charge in [-0.15, -0.1) is 0 Å². The highest BCUT2D eigenvalue weighted by Gasteiger charge is 2.27. The molecule has 31 heavy (non-hydrogen) atoms. The van der Waals surface area contributed by atoms with Crippen molar-refractivity contribution in [1.82, 2.24) is 20.0 Å². The summed E-state index contributed by atoms with van der Waals surface area (Å²) in [5.74, 6) is 2.45. The molecule has 1 amide bonds. The molecule has 0 bridgehead atoms. The molecule has 1 atom stereocenters. The first kappa shape index (κ1) is 19.7. The molecule has 0 fully saturated rings. The zero-order valence-electron chi connectivity index (χ0n) is 16.8. The van der Waals surface area contributed by atoms with E-state index in [4.69, 9.17) is 14.0 Å². The van der Waals surface area contributed by atoms with Crippen LogP contribution in [0.1, 0.15) is 23.7 Å². The molecule has 3 aromatic rings. The zero-order chi connectivity index (χ0) is 21.4. The van der Waals surface area contributed by atoms with Gasteiger partial charge in [-0.3, -0.25) is 14.2 Å². The number of fused-ring (bicyclic) bond motifs is 2. The third-order valence-corrected chi connectivity index (χ3v) is 6.29. The molecule has 0 radical (unpaired) electrons. The highest BCUT2D eigenvalue weighted by atomic mass is 32.2. The summed E-state index contributed by atoms with van der Waals surface area (Å²) in [6, 6.07) is 7.14. The van der Waals surface area contributed by atoms with E-state index in [0.717, 1.165) is 5.56 Å². The van der Waals surface area contributed by atoms with Crippen molar-refractivity contribution >= 4 is 17.7 Å². The third-order valence-electron chi connectivity index (χ3n) is 5.17. The molecule has 0 aliphatic carbocycles. The van der Waals surface area contributed by atoms with E-state index in [1.165, 1.54) is 11.8 Å². The van der Waals surface area contributed by atoms with Crippen molar-refractivity contribution in [3.8, 4) is 22.8 Å². The van der Waals surface area contributed by atoms with Crippen LogP contribution < -0.4 is 20.3 Å². The number of carbonyl (C=O) groups is 1. The second-order valence-corrected chi connectivity index (χ2v) is 8.37. The van der Waals surface area contributed by atoms with Crippen LogP contribution in [0.5, 0.6) is 11.5 Å². The topological polar surface area (TPSA) is 108 Å². The fourth-order valence-electron chi connectivity index (χ4n) is 3.57. The molecule has 1 aromatic carbocycles. The molecule has 0 saturated heterocycles. The summed E-state index contributed by atoms with van der Waals surface area (Å²) in [7, 11) is 0. The lowest BCUT2D eigenvalue weighted by Gasteiger charge is -2.18. The van der Waals surface area contributed by atoms with Gasteiger partial charge in [0.05, 0.1) is 12.6 Å². The van der Waals surface area contributed by atoms with Gasteiger partial charge in [-0.2, -0.15) is 0 Å². The first-order chi connectivity index (χ1) is 15.1. The number of carbonyl (C=O) groups excluding carboxylic acids is 1. The monoisotopic (exact) mass is 440 g/mol. The fourth-order valence-corrected chi connectivity index (χ4v) is 4.68. The van der Waals surface area contributed by atoms with Gasteiger partial charge in [0.15, 0.2) is 22.4 Å². The Bertz CT molecular complexity index is 1200. The Morgan fingerprint density at radius 3 is 2.97 bits per heavy atom. The molecule has 5 rings (SSSR count). The van der Waals surface area contributed by atoms with Crippen LogP contribution in [0.15, 0.2) is 44.9 Å². The number of benzene rings is 1. The Labute approximate surface area is 181 Å². The minimum Gasteiger partial charge on any atom is -0.486 e. The van der Waals surface area contributed by atoms with E-state index in [9.17, 15) is 9.59 Å². The van der Waals surface area contributed by atoms with Crippen molar-refractivity contribution in [2.45, 2.75) is 31.1 Å². The number of nitrogens with zero attached hydrogens (tertiary/aromatic N) is 3. The summed E-state index contributed by atoms with van der Waals surface area (Å²) >= 11 is 1.49. The Balaban J connectivity index is 1.21. The number of thioether (sulfide) groups is 1. The number of ether oxygens (including phenoxy) is 2. The second kappa shape index (κ2) is 8.10. The predicted octanol–water partition coefficient (Wildman–Crippen LogP) is 2.33. The quantitative estimate of drug-likeness (QED) is 0.602. The highest BCUT2D eigenvalue weighted by Crippen LogP contribution is 2.35. The van der Waals surface area contributed by atoms with E-state index < -0.39 is 0 Å². The molecule has 10 heteroatoms. The highest BCUT2D eigenvalue weighted by molar-refractivity contribution is 7.99. The first-order valence-corrected chi connectivity index (χ1v) is 10.9. The number of rotatable bonds is 5. The zero-order valence-corrected chi connectivity index (χ0v) is 17.6. The summed E-state index contributed by atoms with van der Waals surface area (Å²) in [6.45, 7) is 3.01. The summed E-state index contributed by atoms with van der Waals surface area (Å²) in [5, 5.41) is 7.55. The number of hydrogen-bond acceptors (Lipinski definition) is 8. The van der Waals surface area contributed by atoms with E-state index in [2.05, 4.69) is 15.5 Å². The van der Waals surface area contributed by atoms with Crippen molar-refractivity contribution in [3.63, 3.8) is 0 Å². The van der Waals surface area contributed by atoms with Crippen LogP contribution in [0.3, 0.4) is 0 Å². The first-order valence-electron chi connectivity index (χ1n) is 9.92. The van der Waals surface area contributed by atoms with E-state index in [0.29, 0.717) is 52.6 Å². The van der Waals surface area contributed by atoms with Gasteiger partial charge in [0, 0.05) is 35.6 Å². The molecule has 0 spiro atoms. The van der Waals surface area contributed by atoms with Crippen molar-refractivity contribution in [1.29, 1.82) is 0 Å². The lowest BCUT2D eigenvalue weighted by Crippen LogP contribution is -2.31. The van der Waals surface area contributed by atoms with Gasteiger partial charge in [0.25, 0.3) is 5.56 Å². The molecule has 2 aromatic heterocycles. The van der Waals surface area contributed by atoms with Crippen molar-refractivity contribution < 1.29 is 18.8 Å². The molecular formula is C21H20N4O5S. The Morgan fingerprint density at radius 2 is 2.10 bits per heavy atom. The number of nitrogens with one attached hydrogen (secondary N) is 1. The van der Waals surface area contributed by atoms with Crippen LogP contribution in [-0.2, 0) is 11.3 Å². The normalized spacial score (nSPS) is 16.7. The van der Waals surface area contributed by atoms with Gasteiger partial charge in [0.2, 0.25) is 5.91 Å². The molecule has 2 aliphatic heterocycles. The minimum absolute atomic E-state index is 0.0895. The van der Waals surface area contributed by atoms with Crippen LogP contribution in [0, 0.1) is 6.92 Å². The lowest BCUT2D eigenvalue weighted by molar-refractivity contribution is -0.121. The molecule has 9 nitrogen and oxygen atoms in total. The van der Waals surface area contributed by atoms with E-state index in [-0.39, 0.29) is 30.5 Å². The maximum atomic E-state index is 12.5. The van der Waals surface area contributed by atoms with Crippen LogP contribution in [0.2, 0.25) is 0 Å². The van der Waals surface area contributed by atoms with Gasteiger partial charge in [-0.05, 0) is 25.1 Å². The molecule has 160 valence electrons. The van der Waals surface area contributed by atoms with Gasteiger partial charge in [-0.1, -0.05) is 16.9 Å². The van der Waals surface area contributed by atoms with Crippen molar-refractivity contribution in [2.75, 3.05) is 19.0 Å². The molecular weight excluding hydrogens is 420 g/mol. The van der Waals surface area contributed by atoms with Crippen molar-refractivity contribution in [2.24, 2.45) is 0 Å². The van der Waals surface area contributed by atoms with E-state index in [1.807, 2.05) is 18.2 Å². The van der Waals surface area contributed by atoms with E-state index >= 15 is 0 Å². The average Bonchev–Trinajstić information content (AvgIpc) is 3.42. The standard InChI is InChI=1S/C21H20N4O5S/c1-12-9-23-21-25(20(12)27)15(11-31-21)8-19(26)22-10-14-7-17(30-24-14)13-2-3-16-18(6-13)29-5-4-28-16/h2-3,6-7,9,15H,4-5,8,10-11H2,1H3,(H,22,26). The molecule has 4 heterocycles. The Hall–Kier alpha value is -3.27. The smallest absolute Gasteiger partial charge is 0.257 e. The summed E-state index contributed by atoms with van der Waals surface area (Å²) in [6.07, 6.45) is 1.78. The van der Waals surface area contributed by atoms with Crippen LogP contribution in [-0.4, -0.2) is 39.6 Å². The maximum absolute atomic E-state index is 12.5. The summed E-state index contributed by atoms with van der Waals surface area (Å²) in [5.41, 5.74) is 1.91. The fraction of sp³-hybridized carbons (Fsp3) is 0.333. The van der Waals surface area contributed by atoms with Crippen LogP contribution >= 0.6 is 11.8 Å². The molecule has 2 aliphatic rings. The number of aryl methyl sites for hydroxylation is 1. The number of aromatic nitrogens is 3. The van der Waals surface area contributed by atoms with E-state index in [1.54, 1.807) is 23.8 Å². The maximum Gasteiger partial charge on any atom is 0.257 e. The molecule has 1 N–H and O–H groups in total. The average molecular weight is 440 g/mol. The predicted molar refractivity (Wildman–Crippen MR) is 112 cm³/mol. The van der Waals surface area contributed by atoms with Gasteiger partial charge < -0.3 is 19.3 Å². The Morgan fingerprint density at radius 1 is 1.26 bits per heavy atom. The van der Waals surface area contributed by atoms with Gasteiger partial charge in [-0.25, -0.2) is 4.98 Å². The lowest BCUT2D eigenvalue weighted by atomic mass is 10.1. The Kier molecular flexibility index (Phi) is 5.14.